The van der Waals surface area contributed by atoms with Crippen molar-refractivity contribution >= 4 is 5.78 Å². The quantitative estimate of drug-likeness (QED) is 0.668. The Kier molecular flexibility index (Phi) is 2.80. The van der Waals surface area contributed by atoms with E-state index in [1.807, 2.05) is 0 Å². The second-order valence-electron chi connectivity index (χ2n) is 7.35. The zero-order chi connectivity index (χ0) is 13.0. The van der Waals surface area contributed by atoms with Crippen molar-refractivity contribution in [3.8, 4) is 0 Å². The molecular weight excluding hydrogens is 208 g/mol. The van der Waals surface area contributed by atoms with E-state index in [9.17, 15) is 4.79 Å². The summed E-state index contributed by atoms with van der Waals surface area (Å²) < 4.78 is 0. The molecule has 3 rings (SSSR count). The molecule has 0 N–H and O–H groups in total. The highest BCUT2D eigenvalue weighted by Gasteiger charge is 2.62. The van der Waals surface area contributed by atoms with Gasteiger partial charge in [0.05, 0.1) is 0 Å². The molecule has 0 heterocycles. The molecule has 0 aliphatic heterocycles. The van der Waals surface area contributed by atoms with Crippen LogP contribution in [0.3, 0.4) is 0 Å². The molecule has 0 saturated heterocycles. The van der Waals surface area contributed by atoms with Gasteiger partial charge in [0, 0.05) is 11.3 Å². The van der Waals surface area contributed by atoms with Crippen LogP contribution in [0.1, 0.15) is 53.9 Å². The fourth-order valence-electron chi connectivity index (χ4n) is 4.01. The maximum atomic E-state index is 12.7. The number of Topliss-reactive ketones (excluding diaryl/α,β-unsaturated/α-hetero) is 1. The summed E-state index contributed by atoms with van der Waals surface area (Å²) in [6.45, 7) is 15.0. The molecule has 17 heavy (non-hydrogen) atoms. The Hall–Kier alpha value is -0.590. The van der Waals surface area contributed by atoms with E-state index in [1.54, 1.807) is 0 Å². The number of carbonyl (C=O) groups is 1. The van der Waals surface area contributed by atoms with Crippen LogP contribution in [0.15, 0.2) is 12.2 Å². The van der Waals surface area contributed by atoms with Crippen LogP contribution in [-0.2, 0) is 4.79 Å². The summed E-state index contributed by atoms with van der Waals surface area (Å²) >= 11 is 0. The molecule has 0 aromatic carbocycles. The van der Waals surface area contributed by atoms with Gasteiger partial charge in [0.25, 0.3) is 0 Å². The van der Waals surface area contributed by atoms with Crippen molar-refractivity contribution in [2.24, 2.45) is 28.6 Å². The van der Waals surface area contributed by atoms with E-state index >= 15 is 0 Å². The van der Waals surface area contributed by atoms with Crippen LogP contribution in [0.25, 0.3) is 0 Å². The van der Waals surface area contributed by atoms with E-state index in [0.29, 0.717) is 17.6 Å². The third kappa shape index (κ3) is 1.70. The fraction of sp³-hybridized carbons (Fsp3) is 0.812. The average Bonchev–Trinajstić information content (AvgIpc) is 2.20. The van der Waals surface area contributed by atoms with E-state index < -0.39 is 0 Å². The van der Waals surface area contributed by atoms with E-state index in [4.69, 9.17) is 0 Å². The zero-order valence-corrected chi connectivity index (χ0v) is 12.0. The van der Waals surface area contributed by atoms with Gasteiger partial charge >= 0.3 is 0 Å². The molecular formula is C16H26O. The lowest BCUT2D eigenvalue weighted by Crippen LogP contribution is -2.61. The van der Waals surface area contributed by atoms with Gasteiger partial charge < -0.3 is 0 Å². The van der Waals surface area contributed by atoms with Crippen LogP contribution in [-0.4, -0.2) is 5.78 Å². The summed E-state index contributed by atoms with van der Waals surface area (Å²) in [6.07, 6.45) is 3.22. The molecule has 0 aromatic rings. The smallest absolute Gasteiger partial charge is 0.142 e. The van der Waals surface area contributed by atoms with E-state index in [-0.39, 0.29) is 10.8 Å². The first-order valence-corrected chi connectivity index (χ1v) is 6.88. The van der Waals surface area contributed by atoms with Gasteiger partial charge in [-0.3, -0.25) is 4.79 Å². The molecule has 2 bridgehead atoms. The Morgan fingerprint density at radius 2 is 2.06 bits per heavy atom. The molecule has 4 atom stereocenters. The summed E-state index contributed by atoms with van der Waals surface area (Å²) in [7, 11) is 0. The van der Waals surface area contributed by atoms with Crippen molar-refractivity contribution in [3.05, 3.63) is 12.2 Å². The van der Waals surface area contributed by atoms with Gasteiger partial charge in [0.2, 0.25) is 0 Å². The third-order valence-corrected chi connectivity index (χ3v) is 5.76. The summed E-state index contributed by atoms with van der Waals surface area (Å²) in [5, 5.41) is 0. The standard InChI is InChI=1S/C16H26O/c1-10(2)7-11(3)16(6)9-12-8-13(14(16)17)15(12,4)5/h11-13H,1,7-9H2,2-6H3/t11-,12-,13+,16+/m1/s1. The van der Waals surface area contributed by atoms with E-state index in [1.165, 1.54) is 5.57 Å². The zero-order valence-electron chi connectivity index (χ0n) is 12.0. The highest BCUT2D eigenvalue weighted by atomic mass is 16.1. The van der Waals surface area contributed by atoms with Crippen LogP contribution < -0.4 is 0 Å². The average molecular weight is 234 g/mol. The lowest BCUT2D eigenvalue weighted by Gasteiger charge is -2.62. The van der Waals surface area contributed by atoms with Gasteiger partial charge in [-0.2, -0.15) is 0 Å². The molecule has 1 heteroatoms. The SMILES string of the molecule is C=C(C)C[C@@H](C)[C@]1(C)C[C@H]2C[C@@H](C1=O)C2(C)C. The maximum Gasteiger partial charge on any atom is 0.142 e. The number of hydrogen-bond donors (Lipinski definition) is 0. The number of rotatable bonds is 3. The number of allylic oxidation sites excluding steroid dienone is 1. The second kappa shape index (κ2) is 3.70. The Bertz CT molecular complexity index is 366. The van der Waals surface area contributed by atoms with Crippen LogP contribution in [0.4, 0.5) is 0 Å². The van der Waals surface area contributed by atoms with Crippen LogP contribution in [0.2, 0.25) is 0 Å². The molecule has 3 aliphatic rings. The third-order valence-electron chi connectivity index (χ3n) is 5.76. The summed E-state index contributed by atoms with van der Waals surface area (Å²) in [4.78, 5) is 12.7. The van der Waals surface area contributed by atoms with Crippen molar-refractivity contribution in [2.75, 3.05) is 0 Å². The second-order valence-corrected chi connectivity index (χ2v) is 7.35. The topological polar surface area (TPSA) is 17.1 Å². The fourth-order valence-corrected chi connectivity index (χ4v) is 4.01. The minimum atomic E-state index is -0.0952. The normalized spacial score (nSPS) is 40.6. The van der Waals surface area contributed by atoms with Crippen molar-refractivity contribution in [1.82, 2.24) is 0 Å². The van der Waals surface area contributed by atoms with Crippen LogP contribution >= 0.6 is 0 Å². The Morgan fingerprint density at radius 3 is 2.47 bits per heavy atom. The number of hydrogen-bond acceptors (Lipinski definition) is 1. The molecule has 1 nitrogen and oxygen atoms in total. The summed E-state index contributed by atoms with van der Waals surface area (Å²) in [5.74, 6) is 2.04. The minimum absolute atomic E-state index is 0.0952. The number of fused-ring (bicyclic) bond motifs is 2. The van der Waals surface area contributed by atoms with Gasteiger partial charge in [-0.05, 0) is 43.4 Å². The lowest BCUT2D eigenvalue weighted by molar-refractivity contribution is -0.172. The first-order valence-electron chi connectivity index (χ1n) is 6.88. The van der Waals surface area contributed by atoms with Crippen molar-refractivity contribution in [2.45, 2.75) is 53.9 Å². The molecule has 0 unspecified atom stereocenters. The molecule has 0 aromatic heterocycles. The Morgan fingerprint density at radius 1 is 1.47 bits per heavy atom. The van der Waals surface area contributed by atoms with Crippen molar-refractivity contribution in [1.29, 1.82) is 0 Å². The maximum absolute atomic E-state index is 12.7. The first kappa shape index (κ1) is 12.9. The molecule has 96 valence electrons. The molecule has 3 aliphatic carbocycles. The Labute approximate surface area is 106 Å². The van der Waals surface area contributed by atoms with E-state index in [2.05, 4.69) is 41.2 Å². The molecule has 0 radical (unpaired) electrons. The Balaban J connectivity index is 2.19. The van der Waals surface area contributed by atoms with Crippen molar-refractivity contribution in [3.63, 3.8) is 0 Å². The van der Waals surface area contributed by atoms with Gasteiger partial charge in [0.15, 0.2) is 0 Å². The molecule has 0 spiro atoms. The van der Waals surface area contributed by atoms with Gasteiger partial charge in [-0.1, -0.05) is 33.3 Å². The lowest BCUT2D eigenvalue weighted by atomic mass is 9.41. The van der Waals surface area contributed by atoms with Gasteiger partial charge in [0.1, 0.15) is 5.78 Å². The van der Waals surface area contributed by atoms with Crippen LogP contribution in [0.5, 0.6) is 0 Å². The molecule has 3 fully saturated rings. The highest BCUT2D eigenvalue weighted by molar-refractivity contribution is 5.90. The predicted octanol–water partition coefficient (Wildman–Crippen LogP) is 4.23. The summed E-state index contributed by atoms with van der Waals surface area (Å²) in [6, 6.07) is 0. The van der Waals surface area contributed by atoms with Crippen molar-refractivity contribution < 1.29 is 4.79 Å². The highest BCUT2D eigenvalue weighted by Crippen LogP contribution is 2.64. The minimum Gasteiger partial charge on any atom is -0.299 e. The monoisotopic (exact) mass is 234 g/mol. The number of carbonyl (C=O) groups excluding carboxylic acids is 1. The van der Waals surface area contributed by atoms with Gasteiger partial charge in [-0.25, -0.2) is 0 Å². The summed E-state index contributed by atoms with van der Waals surface area (Å²) in [5.41, 5.74) is 1.37. The number of ketones is 1. The first-order chi connectivity index (χ1) is 7.69. The molecule has 0 amide bonds. The molecule has 3 saturated carbocycles. The van der Waals surface area contributed by atoms with Gasteiger partial charge in [-0.15, -0.1) is 6.58 Å². The predicted molar refractivity (Wildman–Crippen MR) is 71.7 cm³/mol. The van der Waals surface area contributed by atoms with Crippen LogP contribution in [0, 0.1) is 28.6 Å². The largest absolute Gasteiger partial charge is 0.299 e. The van der Waals surface area contributed by atoms with E-state index in [0.717, 1.165) is 25.2 Å².